The molecule has 1 atom stereocenters. The van der Waals surface area contributed by atoms with E-state index in [9.17, 15) is 0 Å². The Bertz CT molecular complexity index is 544. The van der Waals surface area contributed by atoms with Gasteiger partial charge in [-0.2, -0.15) is 0 Å². The molecular weight excluding hydrogens is 256 g/mol. The Balaban J connectivity index is 2.06. The highest BCUT2D eigenvalue weighted by atomic mass is 15.2. The van der Waals surface area contributed by atoms with Crippen LogP contribution in [0.1, 0.15) is 49.3 Å². The van der Waals surface area contributed by atoms with Gasteiger partial charge in [0.05, 0.1) is 6.04 Å². The van der Waals surface area contributed by atoms with E-state index in [4.69, 9.17) is 5.84 Å². The predicted molar refractivity (Wildman–Crippen MR) is 87.7 cm³/mol. The molecule has 1 aliphatic carbocycles. The molecule has 0 radical (unpaired) electrons. The molecule has 0 amide bonds. The second-order valence-corrected chi connectivity index (χ2v) is 6.09. The van der Waals surface area contributed by atoms with Crippen LogP contribution in [0.5, 0.6) is 0 Å². The van der Waals surface area contributed by atoms with Gasteiger partial charge in [-0.3, -0.25) is 11.3 Å². The lowest BCUT2D eigenvalue weighted by Gasteiger charge is -2.44. The molecule has 110 valence electrons. The molecule has 2 aromatic rings. The molecule has 0 saturated heterocycles. The molecule has 2 nitrogen and oxygen atoms in total. The second-order valence-electron chi connectivity index (χ2n) is 6.09. The fourth-order valence-electron chi connectivity index (χ4n) is 3.92. The summed E-state index contributed by atoms with van der Waals surface area (Å²) in [6.07, 6.45) is 6.28. The van der Waals surface area contributed by atoms with Gasteiger partial charge in [0.2, 0.25) is 0 Å². The van der Waals surface area contributed by atoms with Crippen LogP contribution >= 0.6 is 0 Å². The molecule has 3 rings (SSSR count). The number of benzene rings is 2. The van der Waals surface area contributed by atoms with Crippen LogP contribution in [0.25, 0.3) is 0 Å². The van der Waals surface area contributed by atoms with Crippen molar-refractivity contribution < 1.29 is 0 Å². The average Bonchev–Trinajstić information content (AvgIpc) is 2.58. The fourth-order valence-corrected chi connectivity index (χ4v) is 3.92. The Hall–Kier alpha value is -1.64. The van der Waals surface area contributed by atoms with Gasteiger partial charge in [0.15, 0.2) is 0 Å². The van der Waals surface area contributed by atoms with E-state index in [1.54, 1.807) is 0 Å². The van der Waals surface area contributed by atoms with E-state index >= 15 is 0 Å². The first-order chi connectivity index (χ1) is 10.4. The van der Waals surface area contributed by atoms with Crippen molar-refractivity contribution in [1.82, 2.24) is 5.43 Å². The van der Waals surface area contributed by atoms with Crippen molar-refractivity contribution in [2.75, 3.05) is 0 Å². The van der Waals surface area contributed by atoms with E-state index < -0.39 is 0 Å². The van der Waals surface area contributed by atoms with Crippen LogP contribution in [0.3, 0.4) is 0 Å². The summed E-state index contributed by atoms with van der Waals surface area (Å²) in [6, 6.07) is 21.7. The van der Waals surface area contributed by atoms with Crippen molar-refractivity contribution in [3.63, 3.8) is 0 Å². The van der Waals surface area contributed by atoms with E-state index in [-0.39, 0.29) is 11.5 Å². The molecule has 21 heavy (non-hydrogen) atoms. The summed E-state index contributed by atoms with van der Waals surface area (Å²) in [6.45, 7) is 0. The maximum absolute atomic E-state index is 6.01. The third-order valence-electron chi connectivity index (χ3n) is 4.95. The van der Waals surface area contributed by atoms with Crippen LogP contribution in [-0.2, 0) is 5.41 Å². The van der Waals surface area contributed by atoms with Crippen LogP contribution < -0.4 is 11.3 Å². The molecule has 1 aliphatic rings. The summed E-state index contributed by atoms with van der Waals surface area (Å²) in [7, 11) is 0. The van der Waals surface area contributed by atoms with Crippen molar-refractivity contribution in [3.8, 4) is 0 Å². The zero-order valence-electron chi connectivity index (χ0n) is 12.5. The maximum Gasteiger partial charge on any atom is 0.0556 e. The number of hydrogen-bond acceptors (Lipinski definition) is 2. The lowest BCUT2D eigenvalue weighted by Crippen LogP contribution is -2.45. The normalized spacial score (nSPS) is 19.1. The summed E-state index contributed by atoms with van der Waals surface area (Å²) < 4.78 is 0. The van der Waals surface area contributed by atoms with Crippen LogP contribution in [0, 0.1) is 0 Å². The highest BCUT2D eigenvalue weighted by Crippen LogP contribution is 2.47. The van der Waals surface area contributed by atoms with Gasteiger partial charge in [-0.25, -0.2) is 0 Å². The van der Waals surface area contributed by atoms with Gasteiger partial charge in [0.1, 0.15) is 0 Å². The summed E-state index contributed by atoms with van der Waals surface area (Å²) in [5.41, 5.74) is 5.93. The van der Waals surface area contributed by atoms with Crippen LogP contribution in [0.4, 0.5) is 0 Å². The lowest BCUT2D eigenvalue weighted by molar-refractivity contribution is 0.214. The van der Waals surface area contributed by atoms with E-state index in [2.05, 4.69) is 66.1 Å². The van der Waals surface area contributed by atoms with Gasteiger partial charge in [0, 0.05) is 5.41 Å². The largest absolute Gasteiger partial charge is 0.271 e. The SMILES string of the molecule is NNC(c1ccccc1)C1(c2ccccc2)CCCCC1. The van der Waals surface area contributed by atoms with E-state index in [0.29, 0.717) is 0 Å². The van der Waals surface area contributed by atoms with Crippen molar-refractivity contribution in [2.24, 2.45) is 5.84 Å². The minimum Gasteiger partial charge on any atom is -0.271 e. The maximum atomic E-state index is 6.01. The highest BCUT2D eigenvalue weighted by molar-refractivity contribution is 5.34. The quantitative estimate of drug-likeness (QED) is 0.654. The first kappa shape index (κ1) is 14.3. The summed E-state index contributed by atoms with van der Waals surface area (Å²) in [5.74, 6) is 6.01. The standard InChI is InChI=1S/C19H24N2/c20-21-18(16-10-4-1-5-11-16)19(14-8-3-9-15-19)17-12-6-2-7-13-17/h1-2,4-7,10-13,18,21H,3,8-9,14-15,20H2. The fraction of sp³-hybridized carbons (Fsp3) is 0.368. The first-order valence-electron chi connectivity index (χ1n) is 7.93. The van der Waals surface area contributed by atoms with Crippen molar-refractivity contribution in [1.29, 1.82) is 0 Å². The molecular formula is C19H24N2. The third-order valence-corrected chi connectivity index (χ3v) is 4.95. The number of hydrogen-bond donors (Lipinski definition) is 2. The smallest absolute Gasteiger partial charge is 0.0556 e. The Labute approximate surface area is 127 Å². The molecule has 0 bridgehead atoms. The van der Waals surface area contributed by atoms with Gasteiger partial charge in [-0.15, -0.1) is 0 Å². The van der Waals surface area contributed by atoms with Gasteiger partial charge >= 0.3 is 0 Å². The van der Waals surface area contributed by atoms with Gasteiger partial charge in [-0.1, -0.05) is 79.9 Å². The number of rotatable bonds is 4. The second kappa shape index (κ2) is 6.42. The van der Waals surface area contributed by atoms with E-state index in [0.717, 1.165) is 0 Å². The van der Waals surface area contributed by atoms with Gasteiger partial charge in [0.25, 0.3) is 0 Å². The zero-order chi connectivity index (χ0) is 14.5. The van der Waals surface area contributed by atoms with Crippen LogP contribution in [-0.4, -0.2) is 0 Å². The molecule has 0 aliphatic heterocycles. The van der Waals surface area contributed by atoms with E-state index in [1.165, 1.54) is 43.2 Å². The molecule has 2 aromatic carbocycles. The minimum absolute atomic E-state index is 0.107. The predicted octanol–water partition coefficient (Wildman–Crippen LogP) is 4.09. The Morgan fingerprint density at radius 1 is 0.810 bits per heavy atom. The van der Waals surface area contributed by atoms with Crippen LogP contribution in [0.15, 0.2) is 60.7 Å². The molecule has 0 aromatic heterocycles. The average molecular weight is 280 g/mol. The topological polar surface area (TPSA) is 38.0 Å². The van der Waals surface area contributed by atoms with Crippen molar-refractivity contribution in [3.05, 3.63) is 71.8 Å². The first-order valence-corrected chi connectivity index (χ1v) is 7.93. The molecule has 2 heteroatoms. The Morgan fingerprint density at radius 3 is 1.95 bits per heavy atom. The number of hydrazine groups is 1. The molecule has 1 saturated carbocycles. The van der Waals surface area contributed by atoms with Crippen LogP contribution in [0.2, 0.25) is 0 Å². The number of nitrogens with one attached hydrogen (secondary N) is 1. The zero-order valence-corrected chi connectivity index (χ0v) is 12.5. The van der Waals surface area contributed by atoms with Crippen molar-refractivity contribution in [2.45, 2.75) is 43.6 Å². The Morgan fingerprint density at radius 2 is 1.38 bits per heavy atom. The highest BCUT2D eigenvalue weighted by Gasteiger charge is 2.41. The van der Waals surface area contributed by atoms with E-state index in [1.807, 2.05) is 0 Å². The lowest BCUT2D eigenvalue weighted by atomic mass is 9.63. The molecule has 3 N–H and O–H groups in total. The van der Waals surface area contributed by atoms with Gasteiger partial charge in [-0.05, 0) is 24.0 Å². The molecule has 1 unspecified atom stereocenters. The monoisotopic (exact) mass is 280 g/mol. The molecule has 0 heterocycles. The third kappa shape index (κ3) is 2.74. The summed E-state index contributed by atoms with van der Waals surface area (Å²) in [5, 5.41) is 0. The number of nitrogens with two attached hydrogens (primary N) is 1. The minimum atomic E-state index is 0.107. The summed E-state index contributed by atoms with van der Waals surface area (Å²) in [4.78, 5) is 0. The Kier molecular flexibility index (Phi) is 4.37. The summed E-state index contributed by atoms with van der Waals surface area (Å²) >= 11 is 0. The van der Waals surface area contributed by atoms with Gasteiger partial charge < -0.3 is 0 Å². The van der Waals surface area contributed by atoms with Crippen molar-refractivity contribution >= 4 is 0 Å². The molecule has 1 fully saturated rings. The molecule has 0 spiro atoms.